The van der Waals surface area contributed by atoms with Gasteiger partial charge in [-0.25, -0.2) is 0 Å². The number of aromatic nitrogens is 1. The van der Waals surface area contributed by atoms with Crippen LogP contribution in [0.3, 0.4) is 0 Å². The van der Waals surface area contributed by atoms with Crippen LogP contribution in [0.2, 0.25) is 0 Å². The zero-order chi connectivity index (χ0) is 18.6. The maximum atomic E-state index is 2.41. The number of hydrogen-bond acceptors (Lipinski definition) is 0. The van der Waals surface area contributed by atoms with Crippen LogP contribution in [-0.2, 0) is 5.41 Å². The summed E-state index contributed by atoms with van der Waals surface area (Å²) in [7, 11) is 0. The van der Waals surface area contributed by atoms with Gasteiger partial charge in [0.2, 0.25) is 0 Å². The van der Waals surface area contributed by atoms with Crippen LogP contribution >= 0.6 is 0 Å². The topological polar surface area (TPSA) is 4.93 Å². The molecule has 0 spiro atoms. The van der Waals surface area contributed by atoms with E-state index >= 15 is 0 Å². The van der Waals surface area contributed by atoms with E-state index in [1.54, 1.807) is 0 Å². The molecule has 0 aliphatic heterocycles. The van der Waals surface area contributed by atoms with Gasteiger partial charge in [0.15, 0.2) is 0 Å². The van der Waals surface area contributed by atoms with Crippen LogP contribution in [-0.4, -0.2) is 4.57 Å². The normalized spacial score (nSPS) is 12.3. The molecule has 132 valence electrons. The van der Waals surface area contributed by atoms with E-state index in [1.165, 1.54) is 43.8 Å². The van der Waals surface area contributed by atoms with Crippen LogP contribution in [0.5, 0.6) is 0 Å². The maximum Gasteiger partial charge on any atom is 0.0550 e. The first-order chi connectivity index (χ1) is 13.1. The Balaban J connectivity index is 2.08. The Bertz CT molecular complexity index is 1280. The summed E-state index contributed by atoms with van der Waals surface area (Å²) in [6.07, 6.45) is 0. The van der Waals surface area contributed by atoms with E-state index in [0.29, 0.717) is 0 Å². The lowest BCUT2D eigenvalue weighted by Gasteiger charge is -2.22. The summed E-state index contributed by atoms with van der Waals surface area (Å²) < 4.78 is 2.41. The van der Waals surface area contributed by atoms with E-state index in [2.05, 4.69) is 110 Å². The van der Waals surface area contributed by atoms with Gasteiger partial charge in [0.25, 0.3) is 0 Å². The van der Waals surface area contributed by atoms with Crippen molar-refractivity contribution in [3.63, 3.8) is 0 Å². The Morgan fingerprint density at radius 2 is 1.19 bits per heavy atom. The SMILES string of the molecule is CC(C)(C)c1cc2c(c3ccccc13)c1ccccc1n2-c1ccccc1. The fourth-order valence-corrected chi connectivity index (χ4v) is 4.31. The number of para-hydroxylation sites is 2. The number of rotatable bonds is 1. The molecule has 5 aromatic rings. The molecule has 5 rings (SSSR count). The van der Waals surface area contributed by atoms with Crippen molar-refractivity contribution in [3.05, 3.63) is 90.5 Å². The van der Waals surface area contributed by atoms with E-state index < -0.39 is 0 Å². The summed E-state index contributed by atoms with van der Waals surface area (Å²) in [5, 5.41) is 5.35. The van der Waals surface area contributed by atoms with Gasteiger partial charge in [-0.15, -0.1) is 0 Å². The summed E-state index contributed by atoms with van der Waals surface area (Å²) in [4.78, 5) is 0. The van der Waals surface area contributed by atoms with Gasteiger partial charge in [-0.2, -0.15) is 0 Å². The van der Waals surface area contributed by atoms with Gasteiger partial charge < -0.3 is 4.57 Å². The fourth-order valence-electron chi connectivity index (χ4n) is 4.31. The highest BCUT2D eigenvalue weighted by molar-refractivity contribution is 6.22. The average molecular weight is 349 g/mol. The average Bonchev–Trinajstić information content (AvgIpc) is 3.02. The molecule has 0 unspecified atom stereocenters. The maximum absolute atomic E-state index is 2.41. The molecule has 1 heteroatoms. The minimum absolute atomic E-state index is 0.0752. The molecule has 0 radical (unpaired) electrons. The highest BCUT2D eigenvalue weighted by atomic mass is 15.0. The Morgan fingerprint density at radius 1 is 0.593 bits per heavy atom. The van der Waals surface area contributed by atoms with Crippen molar-refractivity contribution in [2.45, 2.75) is 26.2 Å². The molecule has 4 aromatic carbocycles. The molecule has 0 fully saturated rings. The lowest BCUT2D eigenvalue weighted by Crippen LogP contribution is -2.12. The molecule has 0 saturated carbocycles. The second kappa shape index (κ2) is 5.72. The third-order valence-electron chi connectivity index (χ3n) is 5.50. The van der Waals surface area contributed by atoms with Crippen molar-refractivity contribution in [1.29, 1.82) is 0 Å². The van der Waals surface area contributed by atoms with Gasteiger partial charge in [-0.1, -0.05) is 81.4 Å². The Hall–Kier alpha value is -3.06. The highest BCUT2D eigenvalue weighted by Gasteiger charge is 2.22. The predicted molar refractivity (Wildman–Crippen MR) is 117 cm³/mol. The molecular weight excluding hydrogens is 326 g/mol. The Kier molecular flexibility index (Phi) is 3.42. The Morgan fingerprint density at radius 3 is 1.89 bits per heavy atom. The molecule has 0 bridgehead atoms. The largest absolute Gasteiger partial charge is 0.309 e. The smallest absolute Gasteiger partial charge is 0.0550 e. The van der Waals surface area contributed by atoms with Gasteiger partial charge >= 0.3 is 0 Å². The number of nitrogens with zero attached hydrogens (tertiary/aromatic N) is 1. The summed E-state index contributed by atoms with van der Waals surface area (Å²) >= 11 is 0. The number of benzene rings is 4. The van der Waals surface area contributed by atoms with Crippen molar-refractivity contribution < 1.29 is 0 Å². The first kappa shape index (κ1) is 16.1. The zero-order valence-corrected chi connectivity index (χ0v) is 16.0. The second-order valence-electron chi connectivity index (χ2n) is 8.30. The van der Waals surface area contributed by atoms with E-state index in [-0.39, 0.29) is 5.41 Å². The zero-order valence-electron chi connectivity index (χ0n) is 16.0. The first-order valence-corrected chi connectivity index (χ1v) is 9.56. The van der Waals surface area contributed by atoms with Crippen LogP contribution in [0.1, 0.15) is 26.3 Å². The van der Waals surface area contributed by atoms with Crippen LogP contribution in [0.15, 0.2) is 84.9 Å². The minimum Gasteiger partial charge on any atom is -0.309 e. The predicted octanol–water partition coefficient (Wildman–Crippen LogP) is 7.23. The van der Waals surface area contributed by atoms with E-state index in [0.717, 1.165) is 0 Å². The summed E-state index contributed by atoms with van der Waals surface area (Å²) in [6.45, 7) is 6.91. The molecule has 1 aromatic heterocycles. The summed E-state index contributed by atoms with van der Waals surface area (Å²) in [5.41, 5.74) is 5.22. The quantitative estimate of drug-likeness (QED) is 0.301. The molecule has 0 saturated heterocycles. The van der Waals surface area contributed by atoms with E-state index in [1.807, 2.05) is 0 Å². The minimum atomic E-state index is 0.0752. The van der Waals surface area contributed by atoms with Crippen molar-refractivity contribution in [2.24, 2.45) is 0 Å². The van der Waals surface area contributed by atoms with Gasteiger partial charge in [0, 0.05) is 16.5 Å². The van der Waals surface area contributed by atoms with Crippen molar-refractivity contribution in [3.8, 4) is 5.69 Å². The second-order valence-corrected chi connectivity index (χ2v) is 8.30. The van der Waals surface area contributed by atoms with Crippen molar-refractivity contribution in [1.82, 2.24) is 4.57 Å². The van der Waals surface area contributed by atoms with Crippen LogP contribution < -0.4 is 0 Å². The summed E-state index contributed by atoms with van der Waals surface area (Å²) in [6, 6.07) is 30.7. The third-order valence-corrected chi connectivity index (χ3v) is 5.50. The van der Waals surface area contributed by atoms with Crippen molar-refractivity contribution >= 4 is 32.6 Å². The lowest BCUT2D eigenvalue weighted by atomic mass is 9.82. The van der Waals surface area contributed by atoms with Gasteiger partial charge in [0.1, 0.15) is 0 Å². The molecule has 0 aliphatic carbocycles. The third kappa shape index (κ3) is 2.39. The van der Waals surface area contributed by atoms with E-state index in [4.69, 9.17) is 0 Å². The van der Waals surface area contributed by atoms with Gasteiger partial charge in [-0.3, -0.25) is 0 Å². The molecular formula is C26H23N. The fraction of sp³-hybridized carbons (Fsp3) is 0.154. The Labute approximate surface area is 159 Å². The van der Waals surface area contributed by atoms with E-state index in [9.17, 15) is 0 Å². The molecule has 0 atom stereocenters. The summed E-state index contributed by atoms with van der Waals surface area (Å²) in [5.74, 6) is 0. The monoisotopic (exact) mass is 349 g/mol. The lowest BCUT2D eigenvalue weighted by molar-refractivity contribution is 0.596. The number of hydrogen-bond donors (Lipinski definition) is 0. The van der Waals surface area contributed by atoms with Gasteiger partial charge in [-0.05, 0) is 46.0 Å². The highest BCUT2D eigenvalue weighted by Crippen LogP contribution is 2.41. The molecule has 1 heterocycles. The van der Waals surface area contributed by atoms with Crippen LogP contribution in [0, 0.1) is 0 Å². The first-order valence-electron chi connectivity index (χ1n) is 9.56. The molecule has 1 nitrogen and oxygen atoms in total. The van der Waals surface area contributed by atoms with Crippen LogP contribution in [0.4, 0.5) is 0 Å². The number of fused-ring (bicyclic) bond motifs is 5. The van der Waals surface area contributed by atoms with Gasteiger partial charge in [0.05, 0.1) is 11.0 Å². The molecule has 27 heavy (non-hydrogen) atoms. The standard InChI is InChI=1S/C26H23N/c1-26(2,3)22-17-24-25(20-14-8-7-13-19(20)22)21-15-9-10-16-23(21)27(24)18-11-5-4-6-12-18/h4-17H,1-3H3. The molecule has 0 aliphatic rings. The molecule has 0 N–H and O–H groups in total. The molecule has 0 amide bonds. The van der Waals surface area contributed by atoms with Crippen molar-refractivity contribution in [2.75, 3.05) is 0 Å². The van der Waals surface area contributed by atoms with Crippen LogP contribution in [0.25, 0.3) is 38.3 Å².